The number of aliphatic carboxylic acids is 1. The van der Waals surface area contributed by atoms with Crippen LogP contribution in [0.4, 0.5) is 0 Å². The van der Waals surface area contributed by atoms with Crippen LogP contribution in [-0.4, -0.2) is 68.4 Å². The molecule has 6 rings (SSSR count). The molecule has 1 fully saturated rings. The van der Waals surface area contributed by atoms with Crippen molar-refractivity contribution in [1.82, 2.24) is 20.2 Å². The number of carbonyl (C=O) groups is 3. The molecule has 2 aliphatic rings. The molecule has 11 nitrogen and oxygen atoms in total. The molecule has 3 heterocycles. The Morgan fingerprint density at radius 2 is 1.71 bits per heavy atom. The Labute approximate surface area is 243 Å². The number of β-lactam (4-membered cyclic amide) rings is 1. The van der Waals surface area contributed by atoms with Crippen molar-refractivity contribution < 1.29 is 29.0 Å². The van der Waals surface area contributed by atoms with E-state index in [2.05, 4.69) is 15.3 Å². The van der Waals surface area contributed by atoms with Gasteiger partial charge in [0.15, 0.2) is 12.6 Å². The molecule has 0 saturated carbocycles. The summed E-state index contributed by atoms with van der Waals surface area (Å²) in [5.74, 6) is -0.995. The van der Waals surface area contributed by atoms with Gasteiger partial charge >= 0.3 is 5.97 Å². The van der Waals surface area contributed by atoms with Crippen molar-refractivity contribution in [2.45, 2.75) is 17.5 Å². The van der Waals surface area contributed by atoms with Gasteiger partial charge in [0.05, 0.1) is 16.5 Å². The lowest BCUT2D eigenvalue weighted by Crippen LogP contribution is -2.74. The number of carboxylic acid groups (broad SMARTS) is 1. The molecule has 12 heteroatoms. The number of H-pyrrole nitrogens is 1. The SMILES string of the molecule is O=C(COc1ccccc1)NC1C(=O)N2C(C(=O)O)C(COc3ccccc3-c3nc4ccccc4c(=O)[nH]3)=CS[C@@H]12. The van der Waals surface area contributed by atoms with Crippen molar-refractivity contribution in [3.8, 4) is 22.9 Å². The second kappa shape index (κ2) is 11.4. The van der Waals surface area contributed by atoms with Crippen LogP contribution in [0.5, 0.6) is 11.5 Å². The molecule has 3 atom stereocenters. The fourth-order valence-electron chi connectivity index (χ4n) is 4.87. The number of ether oxygens (including phenoxy) is 2. The van der Waals surface area contributed by atoms with Crippen molar-refractivity contribution in [2.24, 2.45) is 0 Å². The van der Waals surface area contributed by atoms with E-state index >= 15 is 0 Å². The van der Waals surface area contributed by atoms with Gasteiger partial charge in [0.2, 0.25) is 5.91 Å². The summed E-state index contributed by atoms with van der Waals surface area (Å²) >= 11 is 1.23. The zero-order valence-corrected chi connectivity index (χ0v) is 22.7. The molecule has 1 saturated heterocycles. The molecule has 212 valence electrons. The molecule has 0 spiro atoms. The van der Waals surface area contributed by atoms with E-state index in [0.29, 0.717) is 39.4 Å². The summed E-state index contributed by atoms with van der Waals surface area (Å²) < 4.78 is 11.5. The highest BCUT2D eigenvalue weighted by atomic mass is 32.2. The van der Waals surface area contributed by atoms with Gasteiger partial charge in [0, 0.05) is 5.57 Å². The van der Waals surface area contributed by atoms with Crippen LogP contribution in [0.25, 0.3) is 22.3 Å². The van der Waals surface area contributed by atoms with Gasteiger partial charge in [-0.3, -0.25) is 14.4 Å². The minimum Gasteiger partial charge on any atom is -0.488 e. The van der Waals surface area contributed by atoms with E-state index in [9.17, 15) is 24.3 Å². The molecular formula is C30H24N4O7S. The first kappa shape index (κ1) is 27.1. The lowest BCUT2D eigenvalue weighted by molar-refractivity contribution is -0.160. The van der Waals surface area contributed by atoms with Gasteiger partial charge in [0.1, 0.15) is 35.3 Å². The minimum absolute atomic E-state index is 0.128. The molecule has 1 aromatic heterocycles. The van der Waals surface area contributed by atoms with Gasteiger partial charge < -0.3 is 29.8 Å². The number of rotatable bonds is 9. The number of fused-ring (bicyclic) bond motifs is 2. The van der Waals surface area contributed by atoms with E-state index in [4.69, 9.17) is 9.47 Å². The van der Waals surface area contributed by atoms with Gasteiger partial charge in [-0.25, -0.2) is 9.78 Å². The normalized spacial score (nSPS) is 19.3. The second-order valence-corrected chi connectivity index (χ2v) is 10.6. The number of thioether (sulfide) groups is 1. The van der Waals surface area contributed by atoms with Gasteiger partial charge in [-0.1, -0.05) is 42.5 Å². The predicted octanol–water partition coefficient (Wildman–Crippen LogP) is 2.78. The molecule has 2 unspecified atom stereocenters. The summed E-state index contributed by atoms with van der Waals surface area (Å²) in [5, 5.41) is 14.2. The van der Waals surface area contributed by atoms with E-state index < -0.39 is 35.2 Å². The van der Waals surface area contributed by atoms with Gasteiger partial charge in [-0.15, -0.1) is 11.8 Å². The lowest BCUT2D eigenvalue weighted by atomic mass is 9.98. The molecular weight excluding hydrogens is 560 g/mol. The molecule has 0 aliphatic carbocycles. The predicted molar refractivity (Wildman–Crippen MR) is 155 cm³/mol. The number of benzene rings is 3. The molecule has 0 radical (unpaired) electrons. The first-order chi connectivity index (χ1) is 20.4. The van der Waals surface area contributed by atoms with Crippen molar-refractivity contribution in [2.75, 3.05) is 13.2 Å². The summed E-state index contributed by atoms with van der Waals surface area (Å²) in [4.78, 5) is 58.9. The summed E-state index contributed by atoms with van der Waals surface area (Å²) in [7, 11) is 0. The molecule has 2 amide bonds. The Kier molecular flexibility index (Phi) is 7.36. The van der Waals surface area contributed by atoms with Crippen LogP contribution in [-0.2, 0) is 14.4 Å². The number of nitrogens with zero attached hydrogens (tertiary/aromatic N) is 2. The van der Waals surface area contributed by atoms with Gasteiger partial charge in [-0.2, -0.15) is 0 Å². The maximum absolute atomic E-state index is 13.0. The standard InChI is InChI=1S/C30H24N4O7S/c35-23(15-40-18-8-2-1-3-9-18)32-24-28(37)34-25(30(38)39)17(16-42-29(24)34)14-41-22-13-7-5-11-20(22)26-31-21-12-6-4-10-19(21)27(36)33-26/h1-13,16,24-25,29H,14-15H2,(H,32,35)(H,38,39)(H,31,33,36)/t24?,25?,29-/m0/s1. The van der Waals surface area contributed by atoms with Gasteiger partial charge in [-0.05, 0) is 41.8 Å². The van der Waals surface area contributed by atoms with E-state index in [1.165, 1.54) is 16.7 Å². The number of carbonyl (C=O) groups excluding carboxylic acids is 2. The Balaban J connectivity index is 1.16. The average Bonchev–Trinajstić information content (AvgIpc) is 3.01. The van der Waals surface area contributed by atoms with Crippen LogP contribution in [0.15, 0.2) is 94.6 Å². The Bertz CT molecular complexity index is 1770. The average molecular weight is 585 g/mol. The molecule has 3 N–H and O–H groups in total. The van der Waals surface area contributed by atoms with Gasteiger partial charge in [0.25, 0.3) is 11.5 Å². The van der Waals surface area contributed by atoms with Crippen molar-refractivity contribution in [3.05, 3.63) is 100 Å². The number of hydrogen-bond acceptors (Lipinski definition) is 8. The van der Waals surface area contributed by atoms with Crippen LogP contribution in [0, 0.1) is 0 Å². The monoisotopic (exact) mass is 584 g/mol. The van der Waals surface area contributed by atoms with Crippen molar-refractivity contribution >= 4 is 40.4 Å². The second-order valence-electron chi connectivity index (χ2n) is 9.57. The third-order valence-corrected chi connectivity index (χ3v) is 8.10. The fraction of sp³-hybridized carbons (Fsp3) is 0.167. The zero-order chi connectivity index (χ0) is 29.2. The largest absolute Gasteiger partial charge is 0.488 e. The number of hydrogen-bond donors (Lipinski definition) is 3. The quantitative estimate of drug-likeness (QED) is 0.252. The fourth-order valence-corrected chi connectivity index (χ4v) is 6.08. The number of para-hydroxylation sites is 3. The Hall–Kier alpha value is -5.10. The van der Waals surface area contributed by atoms with Crippen LogP contribution >= 0.6 is 11.8 Å². The van der Waals surface area contributed by atoms with Crippen LogP contribution in [0.3, 0.4) is 0 Å². The molecule has 0 bridgehead atoms. The van der Waals surface area contributed by atoms with E-state index in [1.807, 2.05) is 6.07 Å². The lowest BCUT2D eigenvalue weighted by Gasteiger charge is -2.51. The summed E-state index contributed by atoms with van der Waals surface area (Å²) in [6, 6.07) is 20.6. The van der Waals surface area contributed by atoms with Crippen molar-refractivity contribution in [3.63, 3.8) is 0 Å². The van der Waals surface area contributed by atoms with Crippen LogP contribution in [0.2, 0.25) is 0 Å². The number of amides is 2. The molecule has 42 heavy (non-hydrogen) atoms. The Morgan fingerprint density at radius 3 is 2.52 bits per heavy atom. The van der Waals surface area contributed by atoms with E-state index in [1.54, 1.807) is 78.2 Å². The highest BCUT2D eigenvalue weighted by Crippen LogP contribution is 2.40. The number of aromatic amines is 1. The third kappa shape index (κ3) is 5.19. The third-order valence-electron chi connectivity index (χ3n) is 6.88. The van der Waals surface area contributed by atoms with E-state index in [-0.39, 0.29) is 18.8 Å². The van der Waals surface area contributed by atoms with Crippen molar-refractivity contribution in [1.29, 1.82) is 0 Å². The highest BCUT2D eigenvalue weighted by molar-refractivity contribution is 8.03. The number of aromatic nitrogens is 2. The molecule has 3 aromatic carbocycles. The highest BCUT2D eigenvalue weighted by Gasteiger charge is 2.56. The topological polar surface area (TPSA) is 151 Å². The van der Waals surface area contributed by atoms with Crippen LogP contribution < -0.4 is 20.3 Å². The first-order valence-electron chi connectivity index (χ1n) is 13.0. The maximum Gasteiger partial charge on any atom is 0.330 e. The summed E-state index contributed by atoms with van der Waals surface area (Å²) in [6.07, 6.45) is 0. The minimum atomic E-state index is -1.26. The Morgan fingerprint density at radius 1 is 0.976 bits per heavy atom. The summed E-state index contributed by atoms with van der Waals surface area (Å²) in [5.41, 5.74) is 1.12. The van der Waals surface area contributed by atoms with E-state index in [0.717, 1.165) is 0 Å². The smallest absolute Gasteiger partial charge is 0.330 e. The number of nitrogens with one attached hydrogen (secondary N) is 2. The first-order valence-corrected chi connectivity index (χ1v) is 13.9. The molecule has 4 aromatic rings. The van der Waals surface area contributed by atoms with Crippen LogP contribution in [0.1, 0.15) is 0 Å². The molecule has 2 aliphatic heterocycles. The maximum atomic E-state index is 13.0. The zero-order valence-electron chi connectivity index (χ0n) is 21.9. The number of carboxylic acids is 1. The summed E-state index contributed by atoms with van der Waals surface area (Å²) in [6.45, 7) is -0.406.